The maximum Gasteiger partial charge on any atom is 0.181 e. The van der Waals surface area contributed by atoms with Crippen molar-refractivity contribution in [3.05, 3.63) is 131 Å². The summed E-state index contributed by atoms with van der Waals surface area (Å²) in [6.45, 7) is 17.3. The molecule has 47 heavy (non-hydrogen) atoms. The lowest BCUT2D eigenvalue weighted by molar-refractivity contribution is 0.599. The van der Waals surface area contributed by atoms with Crippen molar-refractivity contribution in [2.75, 3.05) is 11.5 Å². The van der Waals surface area contributed by atoms with Crippen LogP contribution in [0.15, 0.2) is 140 Å². The number of allylic oxidation sites excluding steroid dienone is 10. The second-order valence-corrected chi connectivity index (χ2v) is 15.8. The summed E-state index contributed by atoms with van der Waals surface area (Å²) in [5.41, 5.74) is 8.32. The Labute approximate surface area is 294 Å². The number of thioether (sulfide) groups is 1. The van der Waals surface area contributed by atoms with Gasteiger partial charge in [-0.1, -0.05) is 114 Å². The number of rotatable bonds is 18. The minimum absolute atomic E-state index is 0. The fourth-order valence-corrected chi connectivity index (χ4v) is 6.63. The van der Waals surface area contributed by atoms with Gasteiger partial charge < -0.3 is 0 Å². The first-order valence-corrected chi connectivity index (χ1v) is 19.4. The van der Waals surface area contributed by atoms with Crippen molar-refractivity contribution >= 4 is 21.6 Å². The molecule has 0 aromatic heterocycles. The second kappa shape index (κ2) is 26.2. The molecule has 2 aromatic rings. The van der Waals surface area contributed by atoms with Gasteiger partial charge in [-0.25, -0.2) is 8.42 Å². The molecule has 0 saturated carbocycles. The van der Waals surface area contributed by atoms with E-state index < -0.39 is 9.84 Å². The molecule has 0 unspecified atom stereocenters. The molecule has 0 saturated heterocycles. The Morgan fingerprint density at radius 3 is 1.36 bits per heavy atom. The van der Waals surface area contributed by atoms with Gasteiger partial charge in [0.15, 0.2) is 9.84 Å². The highest BCUT2D eigenvalue weighted by Crippen LogP contribution is 2.19. The summed E-state index contributed by atoms with van der Waals surface area (Å²) in [5, 5.41) is 0. The molecule has 0 aliphatic carbocycles. The first-order chi connectivity index (χ1) is 21.9. The van der Waals surface area contributed by atoms with E-state index >= 15 is 0 Å². The van der Waals surface area contributed by atoms with Gasteiger partial charge >= 0.3 is 0 Å². The molecule has 0 aliphatic rings. The van der Waals surface area contributed by atoms with E-state index in [1.165, 1.54) is 58.4 Å². The van der Waals surface area contributed by atoms with E-state index in [1.807, 2.05) is 30.8 Å². The predicted molar refractivity (Wildman–Crippen MR) is 213 cm³/mol. The molecule has 0 amide bonds. The van der Waals surface area contributed by atoms with E-state index in [0.29, 0.717) is 4.90 Å². The molecular weight excluding hydrogens is 613 g/mol. The highest BCUT2D eigenvalue weighted by molar-refractivity contribution is 7.99. The van der Waals surface area contributed by atoms with E-state index in [9.17, 15) is 8.42 Å². The molecule has 0 aliphatic heterocycles. The fourth-order valence-electron chi connectivity index (χ4n) is 4.45. The van der Waals surface area contributed by atoms with Gasteiger partial charge in [0.1, 0.15) is 0 Å². The SMILES string of the molecule is C.CC(C)=CCC/C(C)=C/CC/C(C)=C/CS(=O)(=O)c1ccccc1.CC(C)=CCC/C(C)=C/CC/C(C)=C/CSc1ccccc1. The maximum absolute atomic E-state index is 12.2. The van der Waals surface area contributed by atoms with Crippen LogP contribution in [0.1, 0.15) is 114 Å². The monoisotopic (exact) mass is 676 g/mol. The number of hydrogen-bond donors (Lipinski definition) is 0. The Morgan fingerprint density at radius 1 is 0.532 bits per heavy atom. The summed E-state index contributed by atoms with van der Waals surface area (Å²) < 4.78 is 24.5. The largest absolute Gasteiger partial charge is 0.223 e. The summed E-state index contributed by atoms with van der Waals surface area (Å²) >= 11 is 1.90. The van der Waals surface area contributed by atoms with Crippen molar-refractivity contribution in [1.82, 2.24) is 0 Å². The zero-order chi connectivity index (χ0) is 34.2. The first kappa shape index (κ1) is 44.2. The maximum atomic E-state index is 12.2. The van der Waals surface area contributed by atoms with Crippen LogP contribution in [0.4, 0.5) is 0 Å². The fraction of sp³-hybridized carbons (Fsp3) is 0.442. The smallest absolute Gasteiger partial charge is 0.181 e. The third-order valence-electron chi connectivity index (χ3n) is 7.42. The van der Waals surface area contributed by atoms with Crippen molar-refractivity contribution < 1.29 is 8.42 Å². The van der Waals surface area contributed by atoms with Gasteiger partial charge in [-0.3, -0.25) is 0 Å². The van der Waals surface area contributed by atoms with Gasteiger partial charge in [0, 0.05) is 10.6 Å². The lowest BCUT2D eigenvalue weighted by Gasteiger charge is -2.03. The van der Waals surface area contributed by atoms with Crippen molar-refractivity contribution in [1.29, 1.82) is 0 Å². The highest BCUT2D eigenvalue weighted by Gasteiger charge is 2.11. The van der Waals surface area contributed by atoms with E-state index in [2.05, 4.69) is 109 Å². The van der Waals surface area contributed by atoms with Crippen molar-refractivity contribution in [2.45, 2.75) is 124 Å². The van der Waals surface area contributed by atoms with Gasteiger partial charge in [-0.15, -0.1) is 11.8 Å². The van der Waals surface area contributed by atoms with Crippen LogP contribution < -0.4 is 0 Å². The summed E-state index contributed by atoms with van der Waals surface area (Å²) in [7, 11) is -3.22. The molecule has 0 N–H and O–H groups in total. The van der Waals surface area contributed by atoms with E-state index in [0.717, 1.165) is 37.0 Å². The van der Waals surface area contributed by atoms with Gasteiger partial charge in [0.05, 0.1) is 10.6 Å². The number of sulfone groups is 1. The van der Waals surface area contributed by atoms with Crippen molar-refractivity contribution in [3.8, 4) is 0 Å². The number of benzene rings is 2. The van der Waals surface area contributed by atoms with Crippen LogP contribution in [0.3, 0.4) is 0 Å². The molecule has 2 nitrogen and oxygen atoms in total. The zero-order valence-corrected chi connectivity index (χ0v) is 31.6. The third-order valence-corrected chi connectivity index (χ3v) is 9.96. The van der Waals surface area contributed by atoms with Crippen LogP contribution in [0.5, 0.6) is 0 Å². The summed E-state index contributed by atoms with van der Waals surface area (Å²) in [6.07, 6.45) is 22.2. The van der Waals surface area contributed by atoms with E-state index in [-0.39, 0.29) is 13.2 Å². The molecule has 0 fully saturated rings. The van der Waals surface area contributed by atoms with Gasteiger partial charge in [-0.05, 0) is 131 Å². The first-order valence-electron chi connectivity index (χ1n) is 16.7. The van der Waals surface area contributed by atoms with Crippen LogP contribution in [-0.2, 0) is 9.84 Å². The average Bonchev–Trinajstić information content (AvgIpc) is 3.01. The molecule has 0 atom stereocenters. The highest BCUT2D eigenvalue weighted by atomic mass is 32.2. The standard InChI is InChI=1S/C21H30O2S.C21H30S.CH4/c1-18(2)10-8-11-19(3)12-9-13-20(4)16-17-24(22,23)21-14-6-5-7-15-21;1-18(2)10-8-11-19(3)12-9-13-20(4)16-17-22-21-14-6-5-7-15-21;/h5-7,10,12,14-16H,8-9,11,13,17H2,1-4H3;5-7,10,12,14-16H,8-9,11,13,17H2,1-4H3;1H4/b2*19-12+,20-16+;. The van der Waals surface area contributed by atoms with Gasteiger partial charge in [0.2, 0.25) is 0 Å². The van der Waals surface area contributed by atoms with E-state index in [4.69, 9.17) is 0 Å². The minimum atomic E-state index is -3.22. The van der Waals surface area contributed by atoms with Gasteiger partial charge in [-0.2, -0.15) is 0 Å². The van der Waals surface area contributed by atoms with Crippen LogP contribution in [0.2, 0.25) is 0 Å². The number of hydrogen-bond acceptors (Lipinski definition) is 3. The van der Waals surface area contributed by atoms with Crippen LogP contribution in [0, 0.1) is 0 Å². The minimum Gasteiger partial charge on any atom is -0.223 e. The Morgan fingerprint density at radius 2 is 0.915 bits per heavy atom. The normalized spacial score (nSPS) is 12.4. The van der Waals surface area contributed by atoms with Gasteiger partial charge in [0.25, 0.3) is 0 Å². The Hall–Kier alpha value is -2.82. The lowest BCUT2D eigenvalue weighted by Crippen LogP contribution is -2.04. The summed E-state index contributed by atoms with van der Waals surface area (Å²) in [4.78, 5) is 1.74. The van der Waals surface area contributed by atoms with Crippen molar-refractivity contribution in [3.63, 3.8) is 0 Å². The molecule has 2 rings (SSSR count). The third kappa shape index (κ3) is 24.0. The summed E-state index contributed by atoms with van der Waals surface area (Å²) in [5.74, 6) is 1.14. The van der Waals surface area contributed by atoms with Crippen molar-refractivity contribution in [2.24, 2.45) is 0 Å². The van der Waals surface area contributed by atoms with Crippen LogP contribution >= 0.6 is 11.8 Å². The Balaban J connectivity index is 0.000000885. The lowest BCUT2D eigenvalue weighted by atomic mass is 10.1. The molecular formula is C43H64O2S2. The summed E-state index contributed by atoms with van der Waals surface area (Å²) in [6, 6.07) is 19.2. The Kier molecular flexibility index (Phi) is 24.6. The average molecular weight is 677 g/mol. The topological polar surface area (TPSA) is 34.1 Å². The Bertz CT molecular complexity index is 1410. The predicted octanol–water partition coefficient (Wildman–Crippen LogP) is 13.7. The molecule has 260 valence electrons. The molecule has 2 aromatic carbocycles. The second-order valence-electron chi connectivity index (χ2n) is 12.6. The van der Waals surface area contributed by atoms with Crippen LogP contribution in [-0.4, -0.2) is 19.9 Å². The molecule has 0 radical (unpaired) electrons. The molecule has 0 bridgehead atoms. The van der Waals surface area contributed by atoms with Crippen LogP contribution in [0.25, 0.3) is 0 Å². The van der Waals surface area contributed by atoms with E-state index in [1.54, 1.807) is 24.3 Å². The molecule has 4 heteroatoms. The quantitative estimate of drug-likeness (QED) is 0.116. The molecule has 0 heterocycles. The molecule has 0 spiro atoms. The zero-order valence-electron chi connectivity index (χ0n) is 29.9.